The van der Waals surface area contributed by atoms with E-state index in [2.05, 4.69) is 0 Å². The van der Waals surface area contributed by atoms with Crippen molar-refractivity contribution in [2.45, 2.75) is 18.6 Å². The first-order valence-electron chi connectivity index (χ1n) is 5.53. The number of carboxylic acids is 2. The predicted octanol–water partition coefficient (Wildman–Crippen LogP) is 0.672. The first-order valence-corrected chi connectivity index (χ1v) is 5.91. The van der Waals surface area contributed by atoms with E-state index in [0.29, 0.717) is 0 Å². The second-order valence-corrected chi connectivity index (χ2v) is 4.41. The van der Waals surface area contributed by atoms with Crippen molar-refractivity contribution < 1.29 is 34.8 Å². The summed E-state index contributed by atoms with van der Waals surface area (Å²) in [7, 11) is 0. The van der Waals surface area contributed by atoms with Crippen LogP contribution in [0.25, 0.3) is 0 Å². The molecule has 2 unspecified atom stereocenters. The van der Waals surface area contributed by atoms with Crippen LogP contribution < -0.4 is 4.74 Å². The second-order valence-electron chi connectivity index (χ2n) is 3.97. The number of rotatable bonds is 7. The summed E-state index contributed by atoms with van der Waals surface area (Å²) >= 11 is 5.74. The Morgan fingerprint density at radius 2 is 1.85 bits per heavy atom. The minimum atomic E-state index is -1.55. The van der Waals surface area contributed by atoms with Crippen LogP contribution in [0.3, 0.4) is 0 Å². The quantitative estimate of drug-likeness (QED) is 0.583. The molecular formula is C12H13ClO7. The fourth-order valence-corrected chi connectivity index (χ4v) is 1.68. The normalized spacial score (nSPS) is 13.6. The second kappa shape index (κ2) is 7.09. The summed E-state index contributed by atoms with van der Waals surface area (Å²) in [5, 5.41) is 36.8. The minimum absolute atomic E-state index is 0.0307. The third kappa shape index (κ3) is 4.69. The van der Waals surface area contributed by atoms with Gasteiger partial charge in [0, 0.05) is 10.6 Å². The van der Waals surface area contributed by atoms with E-state index in [0.717, 1.165) is 0 Å². The van der Waals surface area contributed by atoms with Crippen molar-refractivity contribution in [3.63, 3.8) is 0 Å². The van der Waals surface area contributed by atoms with Crippen LogP contribution in [0.2, 0.25) is 5.02 Å². The van der Waals surface area contributed by atoms with Crippen molar-refractivity contribution in [2.75, 3.05) is 6.61 Å². The minimum Gasteiger partial charge on any atom is -0.481 e. The molecule has 1 aromatic carbocycles. The van der Waals surface area contributed by atoms with E-state index in [1.54, 1.807) is 0 Å². The van der Waals surface area contributed by atoms with E-state index in [1.807, 2.05) is 0 Å². The number of halogens is 1. The van der Waals surface area contributed by atoms with E-state index in [-0.39, 0.29) is 16.3 Å². The Bertz CT molecular complexity index is 503. The maximum absolute atomic E-state index is 10.5. The third-order valence-electron chi connectivity index (χ3n) is 2.39. The average molecular weight is 305 g/mol. The van der Waals surface area contributed by atoms with Gasteiger partial charge in [0.15, 0.2) is 6.61 Å². The van der Waals surface area contributed by atoms with E-state index in [1.165, 1.54) is 18.2 Å². The molecule has 0 spiro atoms. The topological polar surface area (TPSA) is 124 Å². The van der Waals surface area contributed by atoms with Gasteiger partial charge < -0.3 is 25.2 Å². The van der Waals surface area contributed by atoms with Gasteiger partial charge in [-0.2, -0.15) is 0 Å². The molecule has 20 heavy (non-hydrogen) atoms. The maximum atomic E-state index is 10.5. The SMILES string of the molecule is O=C(O)COc1cc(Cl)ccc1C(O)C(O)CC(=O)O. The Kier molecular flexibility index (Phi) is 5.75. The van der Waals surface area contributed by atoms with Gasteiger partial charge in [-0.15, -0.1) is 0 Å². The average Bonchev–Trinajstić information content (AvgIpc) is 2.34. The van der Waals surface area contributed by atoms with Gasteiger partial charge in [-0.25, -0.2) is 4.79 Å². The van der Waals surface area contributed by atoms with Crippen LogP contribution in [0.15, 0.2) is 18.2 Å². The van der Waals surface area contributed by atoms with Gasteiger partial charge in [-0.1, -0.05) is 17.7 Å². The highest BCUT2D eigenvalue weighted by atomic mass is 35.5. The molecule has 8 heteroatoms. The van der Waals surface area contributed by atoms with Crippen molar-refractivity contribution >= 4 is 23.5 Å². The Morgan fingerprint density at radius 3 is 2.40 bits per heavy atom. The van der Waals surface area contributed by atoms with Gasteiger partial charge >= 0.3 is 11.9 Å². The van der Waals surface area contributed by atoms with Crippen LogP contribution in [-0.2, 0) is 9.59 Å². The molecule has 0 aliphatic heterocycles. The lowest BCUT2D eigenvalue weighted by atomic mass is 10.0. The van der Waals surface area contributed by atoms with Crippen LogP contribution in [0.4, 0.5) is 0 Å². The van der Waals surface area contributed by atoms with Crippen LogP contribution in [0, 0.1) is 0 Å². The maximum Gasteiger partial charge on any atom is 0.341 e. The summed E-state index contributed by atoms with van der Waals surface area (Å²) in [5.74, 6) is -2.54. The van der Waals surface area contributed by atoms with Crippen molar-refractivity contribution in [1.29, 1.82) is 0 Å². The molecule has 0 saturated heterocycles. The van der Waals surface area contributed by atoms with Gasteiger partial charge in [0.25, 0.3) is 0 Å². The van der Waals surface area contributed by atoms with Gasteiger partial charge in [-0.05, 0) is 12.1 Å². The lowest BCUT2D eigenvalue weighted by molar-refractivity contribution is -0.141. The van der Waals surface area contributed by atoms with Gasteiger partial charge in [0.05, 0.1) is 12.5 Å². The number of aliphatic hydroxyl groups excluding tert-OH is 2. The molecule has 2 atom stereocenters. The Morgan fingerprint density at radius 1 is 1.20 bits per heavy atom. The predicted molar refractivity (Wildman–Crippen MR) is 67.8 cm³/mol. The number of aliphatic hydroxyl groups is 2. The first-order chi connectivity index (χ1) is 9.31. The molecule has 110 valence electrons. The Labute approximate surface area is 119 Å². The zero-order chi connectivity index (χ0) is 15.3. The first kappa shape index (κ1) is 16.2. The number of hydrogen-bond acceptors (Lipinski definition) is 5. The number of carboxylic acid groups (broad SMARTS) is 2. The number of hydrogen-bond donors (Lipinski definition) is 4. The monoisotopic (exact) mass is 304 g/mol. The molecule has 0 saturated carbocycles. The van der Waals surface area contributed by atoms with Crippen molar-refractivity contribution in [1.82, 2.24) is 0 Å². The zero-order valence-corrected chi connectivity index (χ0v) is 10.9. The smallest absolute Gasteiger partial charge is 0.341 e. The van der Waals surface area contributed by atoms with Crippen LogP contribution >= 0.6 is 11.6 Å². The molecule has 0 aromatic heterocycles. The van der Waals surface area contributed by atoms with Crippen molar-refractivity contribution in [3.8, 4) is 5.75 Å². The molecule has 0 aliphatic rings. The lowest BCUT2D eigenvalue weighted by Gasteiger charge is -2.19. The molecular weight excluding hydrogens is 292 g/mol. The zero-order valence-electron chi connectivity index (χ0n) is 10.2. The van der Waals surface area contributed by atoms with Crippen LogP contribution in [-0.4, -0.2) is 45.1 Å². The molecule has 0 bridgehead atoms. The molecule has 0 fully saturated rings. The van der Waals surface area contributed by atoms with E-state index in [4.69, 9.17) is 26.6 Å². The highest BCUT2D eigenvalue weighted by molar-refractivity contribution is 6.30. The summed E-state index contributed by atoms with van der Waals surface area (Å²) in [5.41, 5.74) is 0.0596. The molecule has 0 heterocycles. The largest absolute Gasteiger partial charge is 0.481 e. The van der Waals surface area contributed by atoms with Gasteiger partial charge in [0.1, 0.15) is 11.9 Å². The number of aliphatic carboxylic acids is 2. The fourth-order valence-electron chi connectivity index (χ4n) is 1.51. The number of benzene rings is 1. The summed E-state index contributed by atoms with van der Waals surface area (Å²) in [6.45, 7) is -0.658. The summed E-state index contributed by atoms with van der Waals surface area (Å²) < 4.78 is 4.95. The molecule has 0 aliphatic carbocycles. The van der Waals surface area contributed by atoms with E-state index >= 15 is 0 Å². The third-order valence-corrected chi connectivity index (χ3v) is 2.63. The Balaban J connectivity index is 2.97. The standard InChI is InChI=1S/C12H13ClO7/c13-6-1-2-7(9(3-6)20-5-11(17)18)12(19)8(14)4-10(15)16/h1-3,8,12,14,19H,4-5H2,(H,15,16)(H,17,18). The molecule has 4 N–H and O–H groups in total. The molecule has 0 radical (unpaired) electrons. The van der Waals surface area contributed by atoms with Crippen molar-refractivity contribution in [2.24, 2.45) is 0 Å². The Hall–Kier alpha value is -1.83. The molecule has 7 nitrogen and oxygen atoms in total. The number of ether oxygens (including phenoxy) is 1. The molecule has 1 aromatic rings. The van der Waals surface area contributed by atoms with E-state index in [9.17, 15) is 19.8 Å². The van der Waals surface area contributed by atoms with Crippen LogP contribution in [0.1, 0.15) is 18.1 Å². The van der Waals surface area contributed by atoms with Gasteiger partial charge in [0.2, 0.25) is 0 Å². The van der Waals surface area contributed by atoms with Crippen molar-refractivity contribution in [3.05, 3.63) is 28.8 Å². The van der Waals surface area contributed by atoms with Crippen LogP contribution in [0.5, 0.6) is 5.75 Å². The van der Waals surface area contributed by atoms with E-state index < -0.39 is 37.2 Å². The highest BCUT2D eigenvalue weighted by Gasteiger charge is 2.24. The lowest BCUT2D eigenvalue weighted by Crippen LogP contribution is -2.22. The summed E-state index contributed by atoms with van der Waals surface area (Å²) in [6.07, 6.45) is -3.75. The highest BCUT2D eigenvalue weighted by Crippen LogP contribution is 2.31. The molecule has 0 amide bonds. The summed E-state index contributed by atoms with van der Waals surface area (Å²) in [6, 6.07) is 4.01. The number of carbonyl (C=O) groups is 2. The fraction of sp³-hybridized carbons (Fsp3) is 0.333. The van der Waals surface area contributed by atoms with Gasteiger partial charge in [-0.3, -0.25) is 4.79 Å². The molecule has 1 rings (SSSR count). The summed E-state index contributed by atoms with van der Waals surface area (Å²) in [4.78, 5) is 21.0.